The van der Waals surface area contributed by atoms with Crippen molar-refractivity contribution in [3.8, 4) is 5.75 Å². The molecular formula is C15H20FNO2. The minimum Gasteiger partial charge on any atom is -0.481 e. The van der Waals surface area contributed by atoms with E-state index in [1.165, 1.54) is 25.0 Å². The summed E-state index contributed by atoms with van der Waals surface area (Å²) in [6.45, 7) is 2.56. The molecule has 0 aliphatic heterocycles. The van der Waals surface area contributed by atoms with E-state index in [9.17, 15) is 9.18 Å². The predicted octanol–water partition coefficient (Wildman–Crippen LogP) is 3.00. The zero-order valence-corrected chi connectivity index (χ0v) is 11.3. The molecule has 1 amide bonds. The van der Waals surface area contributed by atoms with Gasteiger partial charge >= 0.3 is 0 Å². The minimum absolute atomic E-state index is 0.0577. The van der Waals surface area contributed by atoms with Crippen molar-refractivity contribution in [2.75, 3.05) is 13.2 Å². The SMILES string of the molecule is CCN(C(=O)COc1ccccc1F)C1CCCC1. The number of para-hydroxylation sites is 1. The van der Waals surface area contributed by atoms with Gasteiger partial charge in [0.15, 0.2) is 18.2 Å². The van der Waals surface area contributed by atoms with Crippen LogP contribution in [0.15, 0.2) is 24.3 Å². The molecule has 1 aliphatic rings. The number of likely N-dealkylation sites (N-methyl/N-ethyl adjacent to an activating group) is 1. The van der Waals surface area contributed by atoms with E-state index in [0.717, 1.165) is 12.8 Å². The van der Waals surface area contributed by atoms with E-state index in [2.05, 4.69) is 0 Å². The number of nitrogens with zero attached hydrogens (tertiary/aromatic N) is 1. The van der Waals surface area contributed by atoms with Gasteiger partial charge in [0, 0.05) is 12.6 Å². The number of hydrogen-bond acceptors (Lipinski definition) is 2. The van der Waals surface area contributed by atoms with E-state index in [1.807, 2.05) is 11.8 Å². The molecule has 0 saturated heterocycles. The molecule has 1 saturated carbocycles. The van der Waals surface area contributed by atoms with Gasteiger partial charge in [-0.3, -0.25) is 4.79 Å². The standard InChI is InChI=1S/C15H20FNO2/c1-2-17(12-7-3-4-8-12)15(18)11-19-14-10-6-5-9-13(14)16/h5-6,9-10,12H,2-4,7-8,11H2,1H3. The molecule has 0 radical (unpaired) electrons. The third-order valence-electron chi connectivity index (χ3n) is 3.61. The monoisotopic (exact) mass is 265 g/mol. The van der Waals surface area contributed by atoms with E-state index in [0.29, 0.717) is 12.6 Å². The number of amides is 1. The van der Waals surface area contributed by atoms with Crippen molar-refractivity contribution in [1.29, 1.82) is 0 Å². The highest BCUT2D eigenvalue weighted by molar-refractivity contribution is 5.78. The van der Waals surface area contributed by atoms with Gasteiger partial charge in [0.2, 0.25) is 0 Å². The van der Waals surface area contributed by atoms with Gasteiger partial charge in [-0.1, -0.05) is 25.0 Å². The van der Waals surface area contributed by atoms with Crippen molar-refractivity contribution in [3.05, 3.63) is 30.1 Å². The van der Waals surface area contributed by atoms with Crippen LogP contribution in [0.3, 0.4) is 0 Å². The second kappa shape index (κ2) is 6.55. The topological polar surface area (TPSA) is 29.5 Å². The second-order valence-corrected chi connectivity index (χ2v) is 4.84. The molecule has 1 fully saturated rings. The Balaban J connectivity index is 1.91. The summed E-state index contributed by atoms with van der Waals surface area (Å²) < 4.78 is 18.6. The summed E-state index contributed by atoms with van der Waals surface area (Å²) in [7, 11) is 0. The van der Waals surface area contributed by atoms with E-state index in [1.54, 1.807) is 12.1 Å². The largest absolute Gasteiger partial charge is 0.481 e. The number of carbonyl (C=O) groups is 1. The van der Waals surface area contributed by atoms with Crippen molar-refractivity contribution in [1.82, 2.24) is 4.90 Å². The molecule has 1 aromatic rings. The smallest absolute Gasteiger partial charge is 0.260 e. The predicted molar refractivity (Wildman–Crippen MR) is 71.5 cm³/mol. The molecule has 19 heavy (non-hydrogen) atoms. The average molecular weight is 265 g/mol. The first-order valence-electron chi connectivity index (χ1n) is 6.89. The number of ether oxygens (including phenoxy) is 1. The molecule has 0 aromatic heterocycles. The molecule has 0 unspecified atom stereocenters. The maximum Gasteiger partial charge on any atom is 0.260 e. The van der Waals surface area contributed by atoms with Crippen LogP contribution in [0.25, 0.3) is 0 Å². The lowest BCUT2D eigenvalue weighted by molar-refractivity contribution is -0.135. The minimum atomic E-state index is -0.431. The summed E-state index contributed by atoms with van der Waals surface area (Å²) in [6, 6.07) is 6.49. The fourth-order valence-electron chi connectivity index (χ4n) is 2.64. The van der Waals surface area contributed by atoms with Gasteiger partial charge in [0.1, 0.15) is 0 Å². The number of rotatable bonds is 5. The molecule has 3 nitrogen and oxygen atoms in total. The van der Waals surface area contributed by atoms with Gasteiger partial charge in [0.25, 0.3) is 5.91 Å². The lowest BCUT2D eigenvalue weighted by Gasteiger charge is -2.27. The number of hydrogen-bond donors (Lipinski definition) is 0. The van der Waals surface area contributed by atoms with E-state index >= 15 is 0 Å². The molecule has 0 heterocycles. The quantitative estimate of drug-likeness (QED) is 0.819. The highest BCUT2D eigenvalue weighted by Crippen LogP contribution is 2.23. The van der Waals surface area contributed by atoms with Crippen LogP contribution < -0.4 is 4.74 Å². The Morgan fingerprint density at radius 3 is 2.68 bits per heavy atom. The Morgan fingerprint density at radius 1 is 1.37 bits per heavy atom. The summed E-state index contributed by atoms with van der Waals surface area (Å²) in [5.41, 5.74) is 0. The first-order valence-corrected chi connectivity index (χ1v) is 6.89. The van der Waals surface area contributed by atoms with E-state index < -0.39 is 5.82 Å². The third kappa shape index (κ3) is 3.46. The summed E-state index contributed by atoms with van der Waals surface area (Å²) in [4.78, 5) is 14.0. The number of benzene rings is 1. The van der Waals surface area contributed by atoms with Gasteiger partial charge in [-0.15, -0.1) is 0 Å². The van der Waals surface area contributed by atoms with Crippen LogP contribution in [0.4, 0.5) is 4.39 Å². The maximum absolute atomic E-state index is 13.4. The first kappa shape index (κ1) is 13.8. The van der Waals surface area contributed by atoms with Crippen molar-refractivity contribution in [2.24, 2.45) is 0 Å². The van der Waals surface area contributed by atoms with Crippen LogP contribution in [0.1, 0.15) is 32.6 Å². The Kier molecular flexibility index (Phi) is 4.77. The molecule has 104 valence electrons. The van der Waals surface area contributed by atoms with Crippen LogP contribution >= 0.6 is 0 Å². The van der Waals surface area contributed by atoms with Crippen molar-refractivity contribution < 1.29 is 13.9 Å². The van der Waals surface area contributed by atoms with Gasteiger partial charge in [-0.25, -0.2) is 4.39 Å². The summed E-state index contributed by atoms with van der Waals surface area (Å²) in [5.74, 6) is -0.352. The van der Waals surface area contributed by atoms with Gasteiger partial charge in [0.05, 0.1) is 0 Å². The Bertz CT molecular complexity index is 430. The highest BCUT2D eigenvalue weighted by atomic mass is 19.1. The van der Waals surface area contributed by atoms with E-state index in [-0.39, 0.29) is 18.3 Å². The fraction of sp³-hybridized carbons (Fsp3) is 0.533. The molecule has 0 atom stereocenters. The number of carbonyl (C=O) groups excluding carboxylic acids is 1. The Morgan fingerprint density at radius 2 is 2.05 bits per heavy atom. The summed E-state index contributed by atoms with van der Waals surface area (Å²) >= 11 is 0. The molecule has 1 aliphatic carbocycles. The van der Waals surface area contributed by atoms with Crippen LogP contribution in [-0.2, 0) is 4.79 Å². The second-order valence-electron chi connectivity index (χ2n) is 4.84. The third-order valence-corrected chi connectivity index (χ3v) is 3.61. The molecule has 0 spiro atoms. The Labute approximate surface area is 113 Å². The maximum atomic E-state index is 13.4. The first-order chi connectivity index (χ1) is 9.22. The zero-order valence-electron chi connectivity index (χ0n) is 11.3. The molecule has 0 bridgehead atoms. The van der Waals surface area contributed by atoms with Gasteiger partial charge in [-0.2, -0.15) is 0 Å². The van der Waals surface area contributed by atoms with Crippen molar-refractivity contribution >= 4 is 5.91 Å². The lowest BCUT2D eigenvalue weighted by atomic mass is 10.2. The number of halogens is 1. The summed E-state index contributed by atoms with van der Waals surface area (Å²) in [6.07, 6.45) is 4.50. The molecule has 2 rings (SSSR count). The van der Waals surface area contributed by atoms with Crippen LogP contribution in [0.5, 0.6) is 5.75 Å². The van der Waals surface area contributed by atoms with Crippen LogP contribution in [0, 0.1) is 5.82 Å². The van der Waals surface area contributed by atoms with Crippen LogP contribution in [-0.4, -0.2) is 30.0 Å². The van der Waals surface area contributed by atoms with Crippen molar-refractivity contribution in [2.45, 2.75) is 38.6 Å². The molecule has 4 heteroatoms. The lowest BCUT2D eigenvalue weighted by Crippen LogP contribution is -2.41. The van der Waals surface area contributed by atoms with E-state index in [4.69, 9.17) is 4.74 Å². The van der Waals surface area contributed by atoms with Gasteiger partial charge < -0.3 is 9.64 Å². The normalized spacial score (nSPS) is 15.5. The zero-order chi connectivity index (χ0) is 13.7. The fourth-order valence-corrected chi connectivity index (χ4v) is 2.64. The average Bonchev–Trinajstić information content (AvgIpc) is 2.92. The molecular weight excluding hydrogens is 245 g/mol. The highest BCUT2D eigenvalue weighted by Gasteiger charge is 2.25. The Hall–Kier alpha value is -1.58. The summed E-state index contributed by atoms with van der Waals surface area (Å²) in [5, 5.41) is 0. The van der Waals surface area contributed by atoms with Crippen molar-refractivity contribution in [3.63, 3.8) is 0 Å². The molecule has 1 aromatic carbocycles. The molecule has 0 N–H and O–H groups in total. The van der Waals surface area contributed by atoms with Gasteiger partial charge in [-0.05, 0) is 31.9 Å². The van der Waals surface area contributed by atoms with Crippen LogP contribution in [0.2, 0.25) is 0 Å².